The molecule has 1 aromatic rings. The van der Waals surface area contributed by atoms with Crippen molar-refractivity contribution in [1.82, 2.24) is 9.97 Å². The van der Waals surface area contributed by atoms with Gasteiger partial charge in [0.2, 0.25) is 5.88 Å². The van der Waals surface area contributed by atoms with E-state index in [2.05, 4.69) is 29.1 Å². The van der Waals surface area contributed by atoms with Gasteiger partial charge in [-0.3, -0.25) is 0 Å². The second-order valence-electron chi connectivity index (χ2n) is 5.76. The molecule has 1 N–H and O–H groups in total. The number of aromatic nitrogens is 2. The van der Waals surface area contributed by atoms with Crippen LogP contribution in [0.5, 0.6) is 5.88 Å². The Morgan fingerprint density at radius 1 is 1.26 bits per heavy atom. The van der Waals surface area contributed by atoms with Gasteiger partial charge in [-0.15, -0.1) is 0 Å². The van der Waals surface area contributed by atoms with Gasteiger partial charge in [0.1, 0.15) is 11.6 Å². The summed E-state index contributed by atoms with van der Waals surface area (Å²) in [4.78, 5) is 9.20. The lowest BCUT2D eigenvalue weighted by Gasteiger charge is -2.21. The SMILES string of the molecule is COc1cc(NCC(C)C)nc(C2CCCCC2)n1. The molecule has 0 aliphatic heterocycles. The maximum absolute atomic E-state index is 5.30. The molecule has 0 atom stereocenters. The van der Waals surface area contributed by atoms with Crippen molar-refractivity contribution in [3.8, 4) is 5.88 Å². The minimum atomic E-state index is 0.503. The summed E-state index contributed by atoms with van der Waals surface area (Å²) in [5, 5.41) is 3.37. The van der Waals surface area contributed by atoms with Gasteiger partial charge in [-0.2, -0.15) is 4.98 Å². The molecule has 4 heteroatoms. The highest BCUT2D eigenvalue weighted by Crippen LogP contribution is 2.32. The lowest BCUT2D eigenvalue weighted by atomic mass is 9.89. The Balaban J connectivity index is 2.14. The molecule has 0 aromatic carbocycles. The zero-order valence-corrected chi connectivity index (χ0v) is 12.3. The van der Waals surface area contributed by atoms with Crippen LogP contribution in [0, 0.1) is 5.92 Å². The fourth-order valence-corrected chi connectivity index (χ4v) is 2.49. The van der Waals surface area contributed by atoms with Crippen molar-refractivity contribution in [2.24, 2.45) is 5.92 Å². The van der Waals surface area contributed by atoms with Gasteiger partial charge in [-0.05, 0) is 18.8 Å². The van der Waals surface area contributed by atoms with Crippen LogP contribution in [-0.2, 0) is 0 Å². The number of methoxy groups -OCH3 is 1. The van der Waals surface area contributed by atoms with Gasteiger partial charge in [0, 0.05) is 18.5 Å². The van der Waals surface area contributed by atoms with Gasteiger partial charge < -0.3 is 10.1 Å². The third-order valence-electron chi connectivity index (χ3n) is 3.59. The summed E-state index contributed by atoms with van der Waals surface area (Å²) in [6.45, 7) is 5.30. The fraction of sp³-hybridized carbons (Fsp3) is 0.733. The van der Waals surface area contributed by atoms with Gasteiger partial charge in [-0.25, -0.2) is 4.98 Å². The average Bonchev–Trinajstić information content (AvgIpc) is 2.45. The first-order valence-corrected chi connectivity index (χ1v) is 7.36. The molecule has 0 unspecified atom stereocenters. The van der Waals surface area contributed by atoms with Crippen molar-refractivity contribution in [3.63, 3.8) is 0 Å². The topological polar surface area (TPSA) is 47.0 Å². The zero-order valence-electron chi connectivity index (χ0n) is 12.3. The number of anilines is 1. The largest absolute Gasteiger partial charge is 0.481 e. The molecule has 0 amide bonds. The molecule has 0 spiro atoms. The molecule has 0 radical (unpaired) electrons. The third-order valence-corrected chi connectivity index (χ3v) is 3.59. The number of nitrogens with zero attached hydrogens (tertiary/aromatic N) is 2. The molecule has 106 valence electrons. The molecule has 19 heavy (non-hydrogen) atoms. The van der Waals surface area contributed by atoms with E-state index < -0.39 is 0 Å². The van der Waals surface area contributed by atoms with Crippen LogP contribution in [0.4, 0.5) is 5.82 Å². The van der Waals surface area contributed by atoms with Gasteiger partial charge in [0.25, 0.3) is 0 Å². The van der Waals surface area contributed by atoms with Crippen LogP contribution in [0.15, 0.2) is 6.07 Å². The van der Waals surface area contributed by atoms with Crippen molar-refractivity contribution in [2.75, 3.05) is 19.0 Å². The minimum Gasteiger partial charge on any atom is -0.481 e. The van der Waals surface area contributed by atoms with E-state index in [-0.39, 0.29) is 0 Å². The number of ether oxygens (including phenoxy) is 1. The van der Waals surface area contributed by atoms with Gasteiger partial charge in [-0.1, -0.05) is 33.1 Å². The van der Waals surface area contributed by atoms with E-state index in [0.29, 0.717) is 17.7 Å². The molecule has 1 aliphatic rings. The van der Waals surface area contributed by atoms with Crippen molar-refractivity contribution in [1.29, 1.82) is 0 Å². The summed E-state index contributed by atoms with van der Waals surface area (Å²) in [5.74, 6) is 3.61. The minimum absolute atomic E-state index is 0.503. The summed E-state index contributed by atoms with van der Waals surface area (Å²) in [6, 6.07) is 1.88. The van der Waals surface area contributed by atoms with Crippen molar-refractivity contribution < 1.29 is 4.74 Å². The highest BCUT2D eigenvalue weighted by Gasteiger charge is 2.19. The van der Waals surface area contributed by atoms with Crippen molar-refractivity contribution in [3.05, 3.63) is 11.9 Å². The predicted molar refractivity (Wildman–Crippen MR) is 77.7 cm³/mol. The first-order chi connectivity index (χ1) is 9.19. The normalized spacial score (nSPS) is 16.6. The molecule has 1 fully saturated rings. The van der Waals surface area contributed by atoms with Crippen LogP contribution in [0.3, 0.4) is 0 Å². The lowest BCUT2D eigenvalue weighted by Crippen LogP contribution is -2.14. The summed E-state index contributed by atoms with van der Waals surface area (Å²) >= 11 is 0. The summed E-state index contributed by atoms with van der Waals surface area (Å²) in [6.07, 6.45) is 6.34. The highest BCUT2D eigenvalue weighted by atomic mass is 16.5. The van der Waals surface area contributed by atoms with E-state index in [1.165, 1.54) is 32.1 Å². The predicted octanol–water partition coefficient (Wildman–Crippen LogP) is 3.60. The van der Waals surface area contributed by atoms with E-state index in [9.17, 15) is 0 Å². The lowest BCUT2D eigenvalue weighted by molar-refractivity contribution is 0.383. The van der Waals surface area contributed by atoms with Gasteiger partial charge in [0.05, 0.1) is 7.11 Å². The monoisotopic (exact) mass is 263 g/mol. The molecule has 1 aromatic heterocycles. The molecule has 2 rings (SSSR count). The van der Waals surface area contributed by atoms with Crippen molar-refractivity contribution in [2.45, 2.75) is 51.9 Å². The number of nitrogens with one attached hydrogen (secondary N) is 1. The summed E-state index contributed by atoms with van der Waals surface area (Å²) in [7, 11) is 1.67. The molecular weight excluding hydrogens is 238 g/mol. The smallest absolute Gasteiger partial charge is 0.218 e. The van der Waals surface area contributed by atoms with E-state index in [0.717, 1.165) is 18.2 Å². The summed E-state index contributed by atoms with van der Waals surface area (Å²) in [5.41, 5.74) is 0. The quantitative estimate of drug-likeness (QED) is 0.881. The van der Waals surface area contributed by atoms with Crippen LogP contribution in [0.1, 0.15) is 57.7 Å². The van der Waals surface area contributed by atoms with E-state index in [1.54, 1.807) is 7.11 Å². The Morgan fingerprint density at radius 3 is 2.63 bits per heavy atom. The Labute approximate surface area is 116 Å². The first kappa shape index (κ1) is 14.1. The second kappa shape index (κ2) is 6.73. The highest BCUT2D eigenvalue weighted by molar-refractivity contribution is 5.39. The average molecular weight is 263 g/mol. The third kappa shape index (κ3) is 4.08. The molecular formula is C15H25N3O. The van der Waals surface area contributed by atoms with Gasteiger partial charge in [0.15, 0.2) is 0 Å². The molecule has 1 aliphatic carbocycles. The van der Waals surface area contributed by atoms with Crippen LogP contribution in [0.25, 0.3) is 0 Å². The molecule has 0 bridgehead atoms. The molecule has 1 heterocycles. The molecule has 1 saturated carbocycles. The maximum atomic E-state index is 5.30. The van der Waals surface area contributed by atoms with Crippen LogP contribution in [0.2, 0.25) is 0 Å². The molecule has 4 nitrogen and oxygen atoms in total. The second-order valence-corrected chi connectivity index (χ2v) is 5.76. The van der Waals surface area contributed by atoms with Crippen LogP contribution >= 0.6 is 0 Å². The van der Waals surface area contributed by atoms with Gasteiger partial charge >= 0.3 is 0 Å². The first-order valence-electron chi connectivity index (χ1n) is 7.36. The standard InChI is InChI=1S/C15H25N3O/c1-11(2)10-16-13-9-14(19-3)18-15(17-13)12-7-5-4-6-8-12/h9,11-12H,4-8,10H2,1-3H3,(H,16,17,18). The Hall–Kier alpha value is -1.32. The van der Waals surface area contributed by atoms with Crippen LogP contribution < -0.4 is 10.1 Å². The molecule has 0 saturated heterocycles. The Kier molecular flexibility index (Phi) is 5.00. The van der Waals surface area contributed by atoms with E-state index in [1.807, 2.05) is 6.07 Å². The number of rotatable bonds is 5. The maximum Gasteiger partial charge on any atom is 0.218 e. The number of hydrogen-bond donors (Lipinski definition) is 1. The number of hydrogen-bond acceptors (Lipinski definition) is 4. The van der Waals surface area contributed by atoms with Crippen molar-refractivity contribution >= 4 is 5.82 Å². The van der Waals surface area contributed by atoms with E-state index >= 15 is 0 Å². The Bertz CT molecular complexity index is 400. The van der Waals surface area contributed by atoms with Crippen LogP contribution in [-0.4, -0.2) is 23.6 Å². The zero-order chi connectivity index (χ0) is 13.7. The Morgan fingerprint density at radius 2 is 2.00 bits per heavy atom. The summed E-state index contributed by atoms with van der Waals surface area (Å²) < 4.78 is 5.30. The fourth-order valence-electron chi connectivity index (χ4n) is 2.49. The van der Waals surface area contributed by atoms with E-state index in [4.69, 9.17) is 4.74 Å².